The van der Waals surface area contributed by atoms with E-state index in [0.29, 0.717) is 6.73 Å². The number of rotatable bonds is 8. The zero-order valence-corrected chi connectivity index (χ0v) is 12.4. The van der Waals surface area contributed by atoms with Crippen LogP contribution < -0.4 is 0 Å². The van der Waals surface area contributed by atoms with Gasteiger partial charge in [0.25, 0.3) is 0 Å². The molecule has 0 saturated carbocycles. The number of hydrogen-bond donors (Lipinski definition) is 0. The molecule has 0 unspecified atom stereocenters. The summed E-state index contributed by atoms with van der Waals surface area (Å²) < 4.78 is 5.23. The number of nitrogens with zero attached hydrogens (tertiary/aromatic N) is 2. The lowest BCUT2D eigenvalue weighted by Crippen LogP contribution is -2.34. The van der Waals surface area contributed by atoms with Crippen molar-refractivity contribution in [2.45, 2.75) is 6.42 Å². The van der Waals surface area contributed by atoms with Crippen LogP contribution in [0.3, 0.4) is 0 Å². The summed E-state index contributed by atoms with van der Waals surface area (Å²) in [6.45, 7) is 3.87. The van der Waals surface area contributed by atoms with Crippen LogP contribution in [-0.4, -0.2) is 57.4 Å². The van der Waals surface area contributed by atoms with Gasteiger partial charge in [0.2, 0.25) is 0 Å². The summed E-state index contributed by atoms with van der Waals surface area (Å²) in [4.78, 5) is 4.54. The Balaban J connectivity index is 0.00000289. The van der Waals surface area contributed by atoms with Crippen LogP contribution >= 0.6 is 12.4 Å². The third-order valence-electron chi connectivity index (χ3n) is 2.73. The number of methoxy groups -OCH3 is 1. The minimum atomic E-state index is 0. The molecule has 0 aliphatic rings. The van der Waals surface area contributed by atoms with Crippen LogP contribution in [0.4, 0.5) is 0 Å². The van der Waals surface area contributed by atoms with E-state index < -0.39 is 0 Å². The van der Waals surface area contributed by atoms with E-state index in [1.807, 2.05) is 0 Å². The first-order valence-corrected chi connectivity index (χ1v) is 6.12. The van der Waals surface area contributed by atoms with Gasteiger partial charge in [0.1, 0.15) is 0 Å². The van der Waals surface area contributed by atoms with Gasteiger partial charge in [-0.2, -0.15) is 0 Å². The molecular weight excluding hydrogens is 248 g/mol. The molecule has 1 aromatic rings. The predicted octanol–water partition coefficient (Wildman–Crippen LogP) is 2.12. The zero-order chi connectivity index (χ0) is 12.5. The Hall–Kier alpha value is -0.610. The van der Waals surface area contributed by atoms with Gasteiger partial charge in [0, 0.05) is 26.7 Å². The Labute approximate surface area is 117 Å². The minimum Gasteiger partial charge on any atom is -0.369 e. The lowest BCUT2D eigenvalue weighted by atomic mass is 10.1. The molecule has 3 nitrogen and oxygen atoms in total. The third-order valence-corrected chi connectivity index (χ3v) is 2.73. The Morgan fingerprint density at radius 2 is 1.67 bits per heavy atom. The summed E-state index contributed by atoms with van der Waals surface area (Å²) in [6, 6.07) is 10.6. The van der Waals surface area contributed by atoms with Gasteiger partial charge >= 0.3 is 0 Å². The smallest absolute Gasteiger partial charge is 0.0986 e. The van der Waals surface area contributed by atoms with Crippen molar-refractivity contribution in [1.29, 1.82) is 0 Å². The highest BCUT2D eigenvalue weighted by Crippen LogP contribution is 2.01. The topological polar surface area (TPSA) is 15.7 Å². The maximum absolute atomic E-state index is 5.23. The molecule has 1 rings (SSSR count). The quantitative estimate of drug-likeness (QED) is 0.674. The highest BCUT2D eigenvalue weighted by atomic mass is 35.5. The summed E-state index contributed by atoms with van der Waals surface area (Å²) in [5.41, 5.74) is 1.39. The summed E-state index contributed by atoms with van der Waals surface area (Å²) in [6.07, 6.45) is 1.08. The van der Waals surface area contributed by atoms with Crippen molar-refractivity contribution >= 4 is 12.4 Å². The molecule has 0 atom stereocenters. The SMILES string of the molecule is COCN(CCc1ccccc1)CCN(C)C.Cl. The fourth-order valence-electron chi connectivity index (χ4n) is 1.70. The maximum Gasteiger partial charge on any atom is 0.0986 e. The molecule has 4 heteroatoms. The van der Waals surface area contributed by atoms with E-state index >= 15 is 0 Å². The van der Waals surface area contributed by atoms with E-state index in [-0.39, 0.29) is 12.4 Å². The van der Waals surface area contributed by atoms with E-state index in [1.165, 1.54) is 5.56 Å². The lowest BCUT2D eigenvalue weighted by molar-refractivity contribution is 0.0597. The molecule has 18 heavy (non-hydrogen) atoms. The molecule has 0 bridgehead atoms. The van der Waals surface area contributed by atoms with Crippen molar-refractivity contribution in [2.24, 2.45) is 0 Å². The van der Waals surface area contributed by atoms with Crippen LogP contribution in [0.1, 0.15) is 5.56 Å². The van der Waals surface area contributed by atoms with Crippen molar-refractivity contribution in [3.05, 3.63) is 35.9 Å². The van der Waals surface area contributed by atoms with Crippen LogP contribution in [0.25, 0.3) is 0 Å². The minimum absolute atomic E-state index is 0. The fourth-order valence-corrected chi connectivity index (χ4v) is 1.70. The number of ether oxygens (including phenoxy) is 1. The molecule has 0 amide bonds. The van der Waals surface area contributed by atoms with Crippen LogP contribution in [0.5, 0.6) is 0 Å². The Morgan fingerprint density at radius 1 is 1.00 bits per heavy atom. The monoisotopic (exact) mass is 272 g/mol. The normalized spacial score (nSPS) is 10.7. The first-order chi connectivity index (χ1) is 8.22. The van der Waals surface area contributed by atoms with Crippen LogP contribution in [0.2, 0.25) is 0 Å². The molecule has 0 fully saturated rings. The predicted molar refractivity (Wildman–Crippen MR) is 79.4 cm³/mol. The Bertz CT molecular complexity index is 293. The Kier molecular flexibility index (Phi) is 9.98. The second-order valence-electron chi connectivity index (χ2n) is 4.57. The van der Waals surface area contributed by atoms with Crippen molar-refractivity contribution in [1.82, 2.24) is 9.80 Å². The summed E-state index contributed by atoms with van der Waals surface area (Å²) in [5, 5.41) is 0. The molecule has 0 N–H and O–H groups in total. The number of likely N-dealkylation sites (N-methyl/N-ethyl adjacent to an activating group) is 1. The summed E-state index contributed by atoms with van der Waals surface area (Å²) in [5.74, 6) is 0. The summed E-state index contributed by atoms with van der Waals surface area (Å²) in [7, 11) is 5.95. The van der Waals surface area contributed by atoms with E-state index in [2.05, 4.69) is 54.2 Å². The molecule has 104 valence electrons. The van der Waals surface area contributed by atoms with Crippen LogP contribution in [0, 0.1) is 0 Å². The third kappa shape index (κ3) is 7.67. The van der Waals surface area contributed by atoms with Gasteiger partial charge in [-0.15, -0.1) is 12.4 Å². The van der Waals surface area contributed by atoms with E-state index in [1.54, 1.807) is 7.11 Å². The Morgan fingerprint density at radius 3 is 2.22 bits per heavy atom. The van der Waals surface area contributed by atoms with Crippen molar-refractivity contribution in [2.75, 3.05) is 47.6 Å². The van der Waals surface area contributed by atoms with E-state index in [4.69, 9.17) is 4.74 Å². The fraction of sp³-hybridized carbons (Fsp3) is 0.571. The van der Waals surface area contributed by atoms with Crippen LogP contribution in [0.15, 0.2) is 30.3 Å². The molecule has 0 radical (unpaired) electrons. The van der Waals surface area contributed by atoms with Gasteiger partial charge in [-0.1, -0.05) is 30.3 Å². The molecule has 0 spiro atoms. The summed E-state index contributed by atoms with van der Waals surface area (Å²) >= 11 is 0. The lowest BCUT2D eigenvalue weighted by Gasteiger charge is -2.23. The average molecular weight is 273 g/mol. The highest BCUT2D eigenvalue weighted by molar-refractivity contribution is 5.85. The second kappa shape index (κ2) is 10.3. The van der Waals surface area contributed by atoms with Crippen molar-refractivity contribution < 1.29 is 4.74 Å². The van der Waals surface area contributed by atoms with Gasteiger partial charge in [-0.25, -0.2) is 0 Å². The van der Waals surface area contributed by atoms with Crippen molar-refractivity contribution in [3.63, 3.8) is 0 Å². The standard InChI is InChI=1S/C14H24N2O.ClH/c1-15(2)11-12-16(13-17-3)10-9-14-7-5-4-6-8-14;/h4-8H,9-13H2,1-3H3;1H. The maximum atomic E-state index is 5.23. The largest absolute Gasteiger partial charge is 0.369 e. The first-order valence-electron chi connectivity index (χ1n) is 6.12. The van der Waals surface area contributed by atoms with Gasteiger partial charge in [0.05, 0.1) is 6.73 Å². The van der Waals surface area contributed by atoms with E-state index in [9.17, 15) is 0 Å². The average Bonchev–Trinajstić information content (AvgIpc) is 2.34. The number of hydrogen-bond acceptors (Lipinski definition) is 3. The molecule has 0 saturated heterocycles. The zero-order valence-electron chi connectivity index (χ0n) is 11.6. The first kappa shape index (κ1) is 17.4. The molecule has 1 aromatic carbocycles. The molecule has 0 aliphatic carbocycles. The molecule has 0 heterocycles. The number of halogens is 1. The van der Waals surface area contributed by atoms with E-state index in [0.717, 1.165) is 26.1 Å². The number of benzene rings is 1. The van der Waals surface area contributed by atoms with Crippen molar-refractivity contribution in [3.8, 4) is 0 Å². The van der Waals surface area contributed by atoms with Gasteiger partial charge < -0.3 is 9.64 Å². The molecule has 0 aromatic heterocycles. The molecule has 0 aliphatic heterocycles. The molecular formula is C14H25ClN2O. The van der Waals surface area contributed by atoms with Gasteiger partial charge in [-0.05, 0) is 26.1 Å². The van der Waals surface area contributed by atoms with Gasteiger partial charge in [-0.3, -0.25) is 4.90 Å². The second-order valence-corrected chi connectivity index (χ2v) is 4.57. The van der Waals surface area contributed by atoms with Crippen LogP contribution in [-0.2, 0) is 11.2 Å². The highest BCUT2D eigenvalue weighted by Gasteiger charge is 2.04. The van der Waals surface area contributed by atoms with Gasteiger partial charge in [0.15, 0.2) is 0 Å².